The molecular weight excluding hydrogens is 516 g/mol. The number of hydrogen-bond acceptors (Lipinski definition) is 4. The molecule has 0 bridgehead atoms. The average molecular weight is 562 g/mol. The molecule has 39 heavy (non-hydrogen) atoms. The van der Waals surface area contributed by atoms with Crippen LogP contribution in [-0.2, 0) is 22.0 Å². The number of rotatable bonds is 9. The first-order chi connectivity index (χ1) is 18.1. The number of nitrogens with zero attached hydrogens (tertiary/aromatic N) is 1. The Morgan fingerprint density at radius 3 is 2.23 bits per heavy atom. The molecule has 0 aliphatic carbocycles. The van der Waals surface area contributed by atoms with Crippen molar-refractivity contribution in [3.63, 3.8) is 0 Å². The molecule has 1 heterocycles. The fraction of sp³-hybridized carbons (Fsp3) is 0.581. The largest absolute Gasteiger partial charge is 0.493 e. The minimum Gasteiger partial charge on any atom is -0.493 e. The van der Waals surface area contributed by atoms with E-state index in [1.54, 1.807) is 23.1 Å². The monoisotopic (exact) mass is 561 g/mol. The molecule has 1 aliphatic heterocycles. The lowest BCUT2D eigenvalue weighted by atomic mass is 9.78. The van der Waals surface area contributed by atoms with Crippen LogP contribution in [0.15, 0.2) is 42.5 Å². The molecule has 0 unspecified atom stereocenters. The summed E-state index contributed by atoms with van der Waals surface area (Å²) in [4.78, 5) is 15.2. The maximum atomic E-state index is 14.1. The summed E-state index contributed by atoms with van der Waals surface area (Å²) in [6.07, 6.45) is 1.98. The first-order valence-corrected chi connectivity index (χ1v) is 16.7. The Kier molecular flexibility index (Phi) is 9.86. The molecule has 216 valence electrons. The van der Waals surface area contributed by atoms with Gasteiger partial charge in [0, 0.05) is 13.0 Å². The van der Waals surface area contributed by atoms with E-state index in [4.69, 9.17) is 13.9 Å². The third-order valence-electron chi connectivity index (χ3n) is 7.12. The highest BCUT2D eigenvalue weighted by Crippen LogP contribution is 2.45. The van der Waals surface area contributed by atoms with Crippen molar-refractivity contribution in [3.8, 4) is 5.75 Å². The average Bonchev–Trinajstić information content (AvgIpc) is 3.18. The van der Waals surface area contributed by atoms with Gasteiger partial charge in [-0.15, -0.1) is 0 Å². The first kappa shape index (κ1) is 31.1. The molecule has 0 N–H and O–H groups in total. The Morgan fingerprint density at radius 1 is 1.00 bits per heavy atom. The molecule has 1 amide bonds. The number of ether oxygens (including phenoxy) is 2. The van der Waals surface area contributed by atoms with Gasteiger partial charge in [-0.2, -0.15) is 0 Å². The van der Waals surface area contributed by atoms with Crippen LogP contribution in [0, 0.1) is 23.0 Å². The van der Waals surface area contributed by atoms with E-state index in [0.29, 0.717) is 44.6 Å². The summed E-state index contributed by atoms with van der Waals surface area (Å²) >= 11 is 0. The van der Waals surface area contributed by atoms with E-state index in [-0.39, 0.29) is 29.1 Å². The highest BCUT2D eigenvalue weighted by molar-refractivity contribution is 6.48. The molecule has 5 nitrogen and oxygen atoms in total. The van der Waals surface area contributed by atoms with E-state index < -0.39 is 20.4 Å². The van der Waals surface area contributed by atoms with Gasteiger partial charge in [-0.3, -0.25) is 4.90 Å². The summed E-state index contributed by atoms with van der Waals surface area (Å²) < 4.78 is 46.2. The quantitative estimate of drug-likeness (QED) is 0.297. The molecule has 1 saturated heterocycles. The van der Waals surface area contributed by atoms with Crippen LogP contribution < -0.4 is 4.74 Å². The Balaban J connectivity index is 1.81. The Labute approximate surface area is 234 Å². The molecule has 2 aromatic rings. The fourth-order valence-electron chi connectivity index (χ4n) is 5.07. The highest BCUT2D eigenvalue weighted by atomic mass is 28.3. The van der Waals surface area contributed by atoms with Crippen molar-refractivity contribution in [2.75, 3.05) is 13.2 Å². The van der Waals surface area contributed by atoms with Crippen LogP contribution in [0.25, 0.3) is 0 Å². The molecule has 2 aromatic carbocycles. The molecule has 0 saturated carbocycles. The van der Waals surface area contributed by atoms with E-state index in [2.05, 4.69) is 33.9 Å². The van der Waals surface area contributed by atoms with Crippen LogP contribution in [0.1, 0.15) is 65.5 Å². The molecule has 8 heteroatoms. The first-order valence-electron chi connectivity index (χ1n) is 13.9. The summed E-state index contributed by atoms with van der Waals surface area (Å²) in [7, 11) is -1.57. The zero-order valence-electron chi connectivity index (χ0n) is 24.8. The Hall–Kier alpha value is -2.45. The van der Waals surface area contributed by atoms with Gasteiger partial charge in [-0.1, -0.05) is 32.9 Å². The summed E-state index contributed by atoms with van der Waals surface area (Å²) in [5.74, 6) is 0.219. The molecule has 2 atom stereocenters. The second-order valence-corrected chi connectivity index (χ2v) is 15.3. The van der Waals surface area contributed by atoms with Crippen molar-refractivity contribution in [1.29, 1.82) is 0 Å². The standard InChI is InChI=1S/C31H45F2NO4Si/c1-29(2,3)24-20-31(38-39(7)8,34(21-24)28(35)37-30(4,5)6)17-18-36-27-16-15-26(33)19-23(27)12-9-22-10-13-25(32)14-11-22/h10-11,13-16,19,24,39H,9,12,17-18,20-21H2,1-8H3/t24-,31-/m0/s1. The van der Waals surface area contributed by atoms with Crippen molar-refractivity contribution in [2.45, 2.75) is 91.6 Å². The summed E-state index contributed by atoms with van der Waals surface area (Å²) in [5.41, 5.74) is 0.246. The third-order valence-corrected chi connectivity index (χ3v) is 8.03. The molecule has 0 radical (unpaired) electrons. The van der Waals surface area contributed by atoms with Crippen LogP contribution in [0.5, 0.6) is 5.75 Å². The predicted molar refractivity (Wildman–Crippen MR) is 154 cm³/mol. The smallest absolute Gasteiger partial charge is 0.412 e. The maximum Gasteiger partial charge on any atom is 0.412 e. The fourth-order valence-corrected chi connectivity index (χ4v) is 6.28. The second-order valence-electron chi connectivity index (χ2n) is 12.9. The third kappa shape index (κ3) is 8.77. The number of likely N-dealkylation sites (tertiary alicyclic amines) is 1. The van der Waals surface area contributed by atoms with Gasteiger partial charge in [0.15, 0.2) is 9.04 Å². The van der Waals surface area contributed by atoms with Gasteiger partial charge in [0.05, 0.1) is 6.61 Å². The van der Waals surface area contributed by atoms with Crippen LogP contribution in [0.4, 0.5) is 13.6 Å². The summed E-state index contributed by atoms with van der Waals surface area (Å²) in [5, 5.41) is 0. The van der Waals surface area contributed by atoms with E-state index in [1.165, 1.54) is 24.3 Å². The minimum atomic E-state index is -1.57. The van der Waals surface area contributed by atoms with E-state index >= 15 is 0 Å². The normalized spacial score (nSPS) is 20.0. The Morgan fingerprint density at radius 2 is 1.64 bits per heavy atom. The molecule has 1 fully saturated rings. The molecule has 0 spiro atoms. The number of amides is 1. The summed E-state index contributed by atoms with van der Waals surface area (Å²) in [6, 6.07) is 10.9. The van der Waals surface area contributed by atoms with Crippen LogP contribution in [0.3, 0.4) is 0 Å². The van der Waals surface area contributed by atoms with E-state index in [1.807, 2.05) is 20.8 Å². The van der Waals surface area contributed by atoms with Gasteiger partial charge in [0.2, 0.25) is 0 Å². The van der Waals surface area contributed by atoms with Crippen LogP contribution in [0.2, 0.25) is 13.1 Å². The molecule has 1 aliphatic rings. The lowest BCUT2D eigenvalue weighted by Gasteiger charge is -2.40. The van der Waals surface area contributed by atoms with Gasteiger partial charge < -0.3 is 13.9 Å². The number of hydrogen-bond donors (Lipinski definition) is 0. The zero-order valence-corrected chi connectivity index (χ0v) is 25.9. The number of benzene rings is 2. The molecule has 3 rings (SSSR count). The molecular formula is C31H45F2NO4Si. The van der Waals surface area contributed by atoms with Crippen LogP contribution >= 0.6 is 0 Å². The maximum absolute atomic E-state index is 14.1. The van der Waals surface area contributed by atoms with Gasteiger partial charge in [0.25, 0.3) is 0 Å². The van der Waals surface area contributed by atoms with Crippen molar-refractivity contribution in [1.82, 2.24) is 4.90 Å². The van der Waals surface area contributed by atoms with E-state index in [9.17, 15) is 13.6 Å². The number of carbonyl (C=O) groups is 1. The SMILES string of the molecule is C[SiH](C)O[C@@]1(CCOc2ccc(F)cc2CCc2ccc(F)cc2)C[C@H](C(C)(C)C)CN1C(=O)OC(C)(C)C. The van der Waals surface area contributed by atoms with Gasteiger partial charge in [0.1, 0.15) is 28.7 Å². The van der Waals surface area contributed by atoms with Crippen LogP contribution in [-0.4, -0.2) is 44.5 Å². The minimum absolute atomic E-state index is 0.0186. The summed E-state index contributed by atoms with van der Waals surface area (Å²) in [6.45, 7) is 17.2. The lowest BCUT2D eigenvalue weighted by Crippen LogP contribution is -2.53. The zero-order chi connectivity index (χ0) is 29.0. The Bertz CT molecular complexity index is 1110. The number of halogens is 2. The second kappa shape index (κ2) is 12.4. The van der Waals surface area contributed by atoms with Gasteiger partial charge in [-0.25, -0.2) is 13.6 Å². The number of aryl methyl sites for hydroxylation is 2. The predicted octanol–water partition coefficient (Wildman–Crippen LogP) is 7.52. The highest BCUT2D eigenvalue weighted by Gasteiger charge is 2.53. The van der Waals surface area contributed by atoms with Gasteiger partial charge >= 0.3 is 6.09 Å². The topological polar surface area (TPSA) is 48.0 Å². The lowest BCUT2D eigenvalue weighted by molar-refractivity contribution is -0.0779. The van der Waals surface area contributed by atoms with Crippen molar-refractivity contribution in [2.24, 2.45) is 11.3 Å². The van der Waals surface area contributed by atoms with Crippen molar-refractivity contribution in [3.05, 3.63) is 65.2 Å². The van der Waals surface area contributed by atoms with Gasteiger partial charge in [-0.05, 0) is 106 Å². The molecule has 0 aromatic heterocycles. The van der Waals surface area contributed by atoms with Crippen molar-refractivity contribution >= 4 is 15.1 Å². The van der Waals surface area contributed by atoms with Crippen molar-refractivity contribution < 1.29 is 27.5 Å². The number of carbonyl (C=O) groups excluding carboxylic acids is 1. The van der Waals surface area contributed by atoms with E-state index in [0.717, 1.165) is 11.1 Å².